The summed E-state index contributed by atoms with van der Waals surface area (Å²) >= 11 is 0. The first kappa shape index (κ1) is 34.7. The lowest BCUT2D eigenvalue weighted by Gasteiger charge is -2.41. The molecule has 1 spiro atoms. The van der Waals surface area contributed by atoms with E-state index in [-0.39, 0.29) is 37.9 Å². The number of hydrogen-bond donors (Lipinski definition) is 3. The van der Waals surface area contributed by atoms with Gasteiger partial charge in [-0.05, 0) is 51.3 Å². The van der Waals surface area contributed by atoms with E-state index in [0.29, 0.717) is 12.1 Å². The van der Waals surface area contributed by atoms with Crippen LogP contribution in [0.3, 0.4) is 0 Å². The van der Waals surface area contributed by atoms with Gasteiger partial charge in [0.05, 0.1) is 18.3 Å². The lowest BCUT2D eigenvalue weighted by atomic mass is 9.69. The molecular weight excluding hydrogens is 586 g/mol. The maximum absolute atomic E-state index is 13.4. The van der Waals surface area contributed by atoms with E-state index >= 15 is 0 Å². The van der Waals surface area contributed by atoms with Gasteiger partial charge in [-0.15, -0.1) is 0 Å². The Labute approximate surface area is 264 Å². The first-order valence-corrected chi connectivity index (χ1v) is 15.7. The number of esters is 2. The number of hydrogen-bond acceptors (Lipinski definition) is 11. The van der Waals surface area contributed by atoms with Gasteiger partial charge in [0.2, 0.25) is 0 Å². The minimum absolute atomic E-state index is 0.00109. The Morgan fingerprint density at radius 2 is 1.93 bits per heavy atom. The Balaban J connectivity index is 1.66. The molecule has 3 heterocycles. The molecule has 2 aliphatic heterocycles. The topological polar surface area (TPSA) is 163 Å². The van der Waals surface area contributed by atoms with Crippen LogP contribution in [0.2, 0.25) is 0 Å². The Morgan fingerprint density at radius 3 is 2.58 bits per heavy atom. The number of aromatic nitrogens is 1. The number of H-pyrrole nitrogens is 1. The number of nitrogens with one attached hydrogen (secondary N) is 1. The van der Waals surface area contributed by atoms with E-state index in [4.69, 9.17) is 33.5 Å². The van der Waals surface area contributed by atoms with Crippen molar-refractivity contribution in [3.8, 4) is 0 Å². The van der Waals surface area contributed by atoms with Crippen molar-refractivity contribution in [1.29, 1.82) is 0 Å². The van der Waals surface area contributed by atoms with Crippen molar-refractivity contribution in [1.82, 2.24) is 4.98 Å². The van der Waals surface area contributed by atoms with Crippen LogP contribution < -0.4 is 0 Å². The molecule has 0 amide bonds. The predicted octanol–water partition coefficient (Wildman–Crippen LogP) is 3.72. The fourth-order valence-corrected chi connectivity index (χ4v) is 6.67. The van der Waals surface area contributed by atoms with Gasteiger partial charge in [0.25, 0.3) is 0 Å². The summed E-state index contributed by atoms with van der Waals surface area (Å²) in [6.07, 6.45) is 3.11. The van der Waals surface area contributed by atoms with E-state index in [1.807, 2.05) is 39.0 Å². The maximum atomic E-state index is 13.4. The molecule has 4 rings (SSSR count). The number of carbonyl (C=O) groups is 3. The summed E-state index contributed by atoms with van der Waals surface area (Å²) in [5.41, 5.74) is 0.335. The maximum Gasteiger partial charge on any atom is 0.508 e. The molecule has 12 nitrogen and oxygen atoms in total. The lowest BCUT2D eigenvalue weighted by Crippen LogP contribution is -2.48. The SMILES string of the molecule is CO[C@H]1CC2C=C[C@@H]3C[C@]2(O[C@H]3[C@H](OC(=O)c2ccc[nH]2)[C@H](C)[C@H](C)O)/C(C)=C/[C@@H](C)[C@@H]([C@@H](C)OC(=O)OCCCO)OC1=O. The van der Waals surface area contributed by atoms with E-state index in [9.17, 15) is 19.5 Å². The second-order valence-electron chi connectivity index (χ2n) is 12.5. The average molecular weight is 634 g/mol. The molecular formula is C33H47NO11. The Morgan fingerprint density at radius 1 is 1.18 bits per heavy atom. The van der Waals surface area contributed by atoms with Crippen molar-refractivity contribution in [2.24, 2.45) is 23.7 Å². The van der Waals surface area contributed by atoms with Crippen molar-refractivity contribution >= 4 is 18.1 Å². The van der Waals surface area contributed by atoms with E-state index in [2.05, 4.69) is 4.98 Å². The Bertz CT molecular complexity index is 1230. The minimum Gasteiger partial charge on any atom is -0.456 e. The summed E-state index contributed by atoms with van der Waals surface area (Å²) in [6.45, 7) is 8.83. The normalized spacial score (nSPS) is 33.4. The van der Waals surface area contributed by atoms with Gasteiger partial charge in [-0.3, -0.25) is 0 Å². The summed E-state index contributed by atoms with van der Waals surface area (Å²) in [6, 6.07) is 3.34. The van der Waals surface area contributed by atoms with Crippen LogP contribution >= 0.6 is 0 Å². The van der Waals surface area contributed by atoms with Crippen molar-refractivity contribution in [2.75, 3.05) is 20.3 Å². The summed E-state index contributed by atoms with van der Waals surface area (Å²) in [7, 11) is 1.44. The number of aliphatic hydroxyl groups excluding tert-OH is 2. The number of rotatable bonds is 11. The first-order valence-electron chi connectivity index (χ1n) is 15.7. The van der Waals surface area contributed by atoms with Crippen LogP contribution in [0.1, 0.15) is 64.4 Å². The Kier molecular flexibility index (Phi) is 11.5. The number of ether oxygens (including phenoxy) is 6. The third-order valence-corrected chi connectivity index (χ3v) is 9.39. The second kappa shape index (κ2) is 14.9. The molecule has 1 aromatic rings. The molecule has 11 atom stereocenters. The molecule has 1 unspecified atom stereocenters. The third-order valence-electron chi connectivity index (χ3n) is 9.39. The van der Waals surface area contributed by atoms with Crippen LogP contribution in [-0.2, 0) is 33.2 Å². The van der Waals surface area contributed by atoms with Crippen LogP contribution in [0.5, 0.6) is 0 Å². The van der Waals surface area contributed by atoms with E-state index in [0.717, 1.165) is 5.57 Å². The fourth-order valence-electron chi connectivity index (χ4n) is 6.67. The highest BCUT2D eigenvalue weighted by Crippen LogP contribution is 2.53. The molecule has 1 fully saturated rings. The number of fused-ring (bicyclic) bond motifs is 1. The van der Waals surface area contributed by atoms with Crippen molar-refractivity contribution in [3.63, 3.8) is 0 Å². The van der Waals surface area contributed by atoms with Gasteiger partial charge in [-0.1, -0.05) is 32.1 Å². The molecule has 12 heteroatoms. The number of carbonyl (C=O) groups excluding carboxylic acids is 3. The van der Waals surface area contributed by atoms with Crippen LogP contribution in [-0.4, -0.2) is 95.8 Å². The highest BCUT2D eigenvalue weighted by atomic mass is 16.7. The van der Waals surface area contributed by atoms with Gasteiger partial charge in [-0.2, -0.15) is 0 Å². The van der Waals surface area contributed by atoms with Crippen LogP contribution in [0.4, 0.5) is 4.79 Å². The van der Waals surface area contributed by atoms with Crippen LogP contribution in [0.15, 0.2) is 42.1 Å². The highest BCUT2D eigenvalue weighted by Gasteiger charge is 2.57. The van der Waals surface area contributed by atoms with Crippen molar-refractivity contribution in [3.05, 3.63) is 47.8 Å². The lowest BCUT2D eigenvalue weighted by molar-refractivity contribution is -0.173. The zero-order valence-corrected chi connectivity index (χ0v) is 26.8. The van der Waals surface area contributed by atoms with Gasteiger partial charge in [0.1, 0.15) is 30.1 Å². The van der Waals surface area contributed by atoms with Gasteiger partial charge < -0.3 is 43.6 Å². The predicted molar refractivity (Wildman–Crippen MR) is 161 cm³/mol. The van der Waals surface area contributed by atoms with Crippen LogP contribution in [0.25, 0.3) is 0 Å². The van der Waals surface area contributed by atoms with E-state index in [1.54, 1.807) is 32.2 Å². The molecule has 1 saturated heterocycles. The zero-order valence-electron chi connectivity index (χ0n) is 26.8. The average Bonchev–Trinajstić information content (AvgIpc) is 3.65. The molecule has 250 valence electrons. The molecule has 3 N–H and O–H groups in total. The van der Waals surface area contributed by atoms with Gasteiger partial charge in [0.15, 0.2) is 6.10 Å². The van der Waals surface area contributed by atoms with Crippen molar-refractivity contribution < 1.29 is 53.0 Å². The van der Waals surface area contributed by atoms with Crippen molar-refractivity contribution in [2.45, 2.75) is 96.1 Å². The first-order chi connectivity index (χ1) is 21.4. The monoisotopic (exact) mass is 633 g/mol. The summed E-state index contributed by atoms with van der Waals surface area (Å²) in [5.74, 6) is -2.39. The second-order valence-corrected chi connectivity index (χ2v) is 12.5. The molecule has 45 heavy (non-hydrogen) atoms. The summed E-state index contributed by atoms with van der Waals surface area (Å²) in [4.78, 5) is 41.7. The standard InChI is InChI=1S/C33H47NO11/c1-18-15-19(2)33-17-23(29(45-33)28(20(3)21(4)36)44-30(37)25-9-7-12-34-25)10-11-24(33)16-26(40-6)31(38)43-27(18)22(5)42-32(39)41-14-8-13-35/h7,9-12,15,18,20-24,26-29,34-36H,8,13-14,16-17H2,1-6H3/b19-15+/t18-,20-,21+,22-,23-,24?,26+,27+,28-,29-,33+/m1/s1. The van der Waals surface area contributed by atoms with E-state index < -0.39 is 72.2 Å². The molecule has 0 aromatic carbocycles. The zero-order chi connectivity index (χ0) is 32.9. The van der Waals surface area contributed by atoms with Gasteiger partial charge in [0, 0.05) is 50.0 Å². The third kappa shape index (κ3) is 7.62. The largest absolute Gasteiger partial charge is 0.508 e. The number of methoxy groups -OCH3 is 1. The molecule has 1 aliphatic carbocycles. The number of aromatic amines is 1. The van der Waals surface area contributed by atoms with Gasteiger partial charge in [-0.25, -0.2) is 14.4 Å². The smallest absolute Gasteiger partial charge is 0.456 e. The molecule has 0 saturated carbocycles. The molecule has 1 aromatic heterocycles. The fraction of sp³-hybridized carbons (Fsp3) is 0.667. The number of cyclic esters (lactones) is 1. The summed E-state index contributed by atoms with van der Waals surface area (Å²) in [5, 5.41) is 19.6. The molecule has 2 bridgehead atoms. The number of aliphatic hydroxyl groups is 2. The molecule has 0 radical (unpaired) electrons. The highest BCUT2D eigenvalue weighted by molar-refractivity contribution is 5.87. The van der Waals surface area contributed by atoms with Crippen LogP contribution in [0, 0.1) is 23.7 Å². The minimum atomic E-state index is -0.932. The summed E-state index contributed by atoms with van der Waals surface area (Å²) < 4.78 is 35.0. The van der Waals surface area contributed by atoms with E-state index in [1.165, 1.54) is 7.11 Å². The molecule has 3 aliphatic rings. The quantitative estimate of drug-likeness (QED) is 0.141. The Hall–Kier alpha value is -3.19. The van der Waals surface area contributed by atoms with Gasteiger partial charge >= 0.3 is 18.1 Å².